The Balaban J connectivity index is 1.64. The number of aromatic carboxylic acids is 1. The van der Waals surface area contributed by atoms with Crippen LogP contribution in [0.25, 0.3) is 17.4 Å². The first-order chi connectivity index (χ1) is 13.8. The van der Waals surface area contributed by atoms with E-state index in [1.54, 1.807) is 24.3 Å². The fourth-order valence-electron chi connectivity index (χ4n) is 2.77. The number of furan rings is 1. The van der Waals surface area contributed by atoms with E-state index < -0.39 is 11.9 Å². The molecule has 2 aliphatic rings. The van der Waals surface area contributed by atoms with Gasteiger partial charge in [-0.2, -0.15) is 15.1 Å². The first-order valence-corrected chi connectivity index (χ1v) is 9.59. The van der Waals surface area contributed by atoms with Crippen molar-refractivity contribution >= 4 is 45.8 Å². The molecule has 29 heavy (non-hydrogen) atoms. The molecule has 9 heteroatoms. The second kappa shape index (κ2) is 7.17. The maximum absolute atomic E-state index is 12.4. The zero-order valence-electron chi connectivity index (χ0n) is 15.5. The van der Waals surface area contributed by atoms with Gasteiger partial charge in [0, 0.05) is 11.5 Å². The number of aliphatic imine (C=N–C) groups is 1. The number of hydrogen-bond acceptors (Lipinski definition) is 6. The van der Waals surface area contributed by atoms with Crippen molar-refractivity contribution in [1.29, 1.82) is 5.41 Å². The summed E-state index contributed by atoms with van der Waals surface area (Å²) in [6.45, 7) is 3.97. The van der Waals surface area contributed by atoms with Gasteiger partial charge in [0.15, 0.2) is 5.84 Å². The van der Waals surface area contributed by atoms with Gasteiger partial charge in [-0.05, 0) is 42.1 Å². The number of carboxylic acid groups (broad SMARTS) is 1. The van der Waals surface area contributed by atoms with Crippen molar-refractivity contribution in [2.75, 3.05) is 0 Å². The summed E-state index contributed by atoms with van der Waals surface area (Å²) < 4.78 is 5.75. The van der Waals surface area contributed by atoms with Gasteiger partial charge in [-0.25, -0.2) is 4.79 Å². The maximum Gasteiger partial charge on any atom is 0.335 e. The second-order valence-electron chi connectivity index (χ2n) is 6.70. The molecule has 0 saturated carbocycles. The first-order valence-electron chi connectivity index (χ1n) is 8.77. The minimum absolute atomic E-state index is 0.0611. The molecule has 1 aromatic carbocycles. The van der Waals surface area contributed by atoms with Crippen LogP contribution in [0.3, 0.4) is 0 Å². The number of carboxylic acids is 1. The van der Waals surface area contributed by atoms with Crippen LogP contribution in [0.15, 0.2) is 56.5 Å². The number of fused-ring (bicyclic) bond motifs is 1. The molecule has 1 aromatic heterocycles. The van der Waals surface area contributed by atoms with Crippen LogP contribution in [-0.4, -0.2) is 38.0 Å². The van der Waals surface area contributed by atoms with Gasteiger partial charge >= 0.3 is 5.97 Å². The van der Waals surface area contributed by atoms with E-state index in [1.165, 1.54) is 35.0 Å². The van der Waals surface area contributed by atoms with Crippen molar-refractivity contribution in [3.8, 4) is 11.3 Å². The number of amides is 1. The molecular weight excluding hydrogens is 392 g/mol. The van der Waals surface area contributed by atoms with Crippen molar-refractivity contribution in [2.45, 2.75) is 13.8 Å². The highest BCUT2D eigenvalue weighted by atomic mass is 32.2. The number of carbonyl (C=O) groups excluding carboxylic acids is 1. The lowest BCUT2D eigenvalue weighted by Gasteiger charge is -2.19. The molecule has 146 valence electrons. The molecule has 0 atom stereocenters. The van der Waals surface area contributed by atoms with Gasteiger partial charge in [-0.15, -0.1) is 0 Å². The van der Waals surface area contributed by atoms with E-state index in [9.17, 15) is 9.59 Å². The zero-order chi connectivity index (χ0) is 20.7. The fraction of sp³-hybridized carbons (Fsp3) is 0.150. The molecule has 8 nitrogen and oxygen atoms in total. The molecule has 4 rings (SSSR count). The van der Waals surface area contributed by atoms with Gasteiger partial charge in [0.1, 0.15) is 16.6 Å². The molecule has 0 bridgehead atoms. The number of hydrazone groups is 1. The van der Waals surface area contributed by atoms with Crippen LogP contribution >= 0.6 is 11.8 Å². The number of thioether (sulfide) groups is 1. The van der Waals surface area contributed by atoms with Gasteiger partial charge in [0.25, 0.3) is 5.91 Å². The Morgan fingerprint density at radius 3 is 2.83 bits per heavy atom. The maximum atomic E-state index is 12.4. The predicted molar refractivity (Wildman–Crippen MR) is 111 cm³/mol. The highest BCUT2D eigenvalue weighted by Crippen LogP contribution is 2.31. The quantitative estimate of drug-likeness (QED) is 0.740. The highest BCUT2D eigenvalue weighted by Gasteiger charge is 2.36. The Morgan fingerprint density at radius 1 is 1.31 bits per heavy atom. The largest absolute Gasteiger partial charge is 0.478 e. The third-order valence-electron chi connectivity index (χ3n) is 4.27. The average molecular weight is 408 g/mol. The van der Waals surface area contributed by atoms with Gasteiger partial charge in [-0.3, -0.25) is 10.2 Å². The Bertz CT molecular complexity index is 1140. The van der Waals surface area contributed by atoms with E-state index >= 15 is 0 Å². The Labute approximate surface area is 170 Å². The van der Waals surface area contributed by atoms with Crippen LogP contribution in [0.5, 0.6) is 0 Å². The molecule has 0 aliphatic carbocycles. The van der Waals surface area contributed by atoms with Crippen LogP contribution in [0.1, 0.15) is 30.0 Å². The highest BCUT2D eigenvalue weighted by molar-refractivity contribution is 8.27. The lowest BCUT2D eigenvalue weighted by atomic mass is 10.1. The minimum atomic E-state index is -1.03. The number of rotatable bonds is 4. The first kappa shape index (κ1) is 18.9. The van der Waals surface area contributed by atoms with Crippen LogP contribution in [0, 0.1) is 11.3 Å². The van der Waals surface area contributed by atoms with Gasteiger partial charge < -0.3 is 9.52 Å². The van der Waals surface area contributed by atoms with Crippen molar-refractivity contribution < 1.29 is 19.1 Å². The summed E-state index contributed by atoms with van der Waals surface area (Å²) in [5, 5.41) is 24.4. The van der Waals surface area contributed by atoms with Crippen LogP contribution < -0.4 is 0 Å². The van der Waals surface area contributed by atoms with Crippen molar-refractivity contribution in [2.24, 2.45) is 16.0 Å². The molecule has 0 radical (unpaired) electrons. The summed E-state index contributed by atoms with van der Waals surface area (Å²) in [6.07, 6.45) is 1.45. The Hall–Kier alpha value is -3.46. The molecule has 0 unspecified atom stereocenters. The number of amidine groups is 2. The van der Waals surface area contributed by atoms with E-state index in [4.69, 9.17) is 14.9 Å². The minimum Gasteiger partial charge on any atom is -0.478 e. The zero-order valence-corrected chi connectivity index (χ0v) is 16.4. The summed E-state index contributed by atoms with van der Waals surface area (Å²) in [5.74, 6) is -0.643. The van der Waals surface area contributed by atoms with Crippen LogP contribution in [0.2, 0.25) is 0 Å². The molecule has 2 aliphatic heterocycles. The molecule has 2 aromatic rings. The third-order valence-corrected chi connectivity index (χ3v) is 5.48. The molecule has 1 amide bonds. The topological polar surface area (TPSA) is 119 Å². The molecule has 3 heterocycles. The van der Waals surface area contributed by atoms with Gasteiger partial charge in [0.05, 0.1) is 11.1 Å². The molecular formula is C20H16N4O4S. The lowest BCUT2D eigenvalue weighted by Crippen LogP contribution is -2.35. The average Bonchev–Trinajstić information content (AvgIpc) is 3.32. The van der Waals surface area contributed by atoms with Crippen LogP contribution in [0.4, 0.5) is 0 Å². The van der Waals surface area contributed by atoms with Crippen molar-refractivity contribution in [1.82, 2.24) is 5.01 Å². The van der Waals surface area contributed by atoms with E-state index in [0.29, 0.717) is 22.3 Å². The lowest BCUT2D eigenvalue weighted by molar-refractivity contribution is -0.114. The normalized spacial score (nSPS) is 17.6. The summed E-state index contributed by atoms with van der Waals surface area (Å²) >= 11 is 1.29. The number of nitrogens with one attached hydrogen (secondary N) is 1. The molecule has 0 fully saturated rings. The Kier molecular flexibility index (Phi) is 4.67. The standard InChI is InChI=1S/C20H16N4O4S/c1-10(2)18-23-24-16(21)14(17(25)22-20(24)29-18)9-13-6-7-15(28-13)11-4-3-5-12(8-11)19(26)27/h3-10,21H,1-2H3,(H,26,27). The summed E-state index contributed by atoms with van der Waals surface area (Å²) in [4.78, 5) is 27.6. The van der Waals surface area contributed by atoms with Gasteiger partial charge in [-0.1, -0.05) is 26.0 Å². The van der Waals surface area contributed by atoms with E-state index in [0.717, 1.165) is 5.04 Å². The number of hydrogen-bond donors (Lipinski definition) is 2. The number of benzene rings is 1. The Morgan fingerprint density at radius 2 is 2.10 bits per heavy atom. The summed E-state index contributed by atoms with van der Waals surface area (Å²) in [5.41, 5.74) is 0.820. The molecule has 2 N–H and O–H groups in total. The fourth-order valence-corrected chi connectivity index (χ4v) is 3.67. The van der Waals surface area contributed by atoms with Crippen molar-refractivity contribution in [3.05, 3.63) is 53.3 Å². The number of nitrogens with zero attached hydrogens (tertiary/aromatic N) is 3. The summed E-state index contributed by atoms with van der Waals surface area (Å²) in [6, 6.07) is 9.69. The molecule has 0 spiro atoms. The van der Waals surface area contributed by atoms with E-state index in [-0.39, 0.29) is 22.9 Å². The second-order valence-corrected chi connectivity index (χ2v) is 7.69. The third kappa shape index (κ3) is 3.52. The van der Waals surface area contributed by atoms with Gasteiger partial charge in [0.2, 0.25) is 5.17 Å². The summed E-state index contributed by atoms with van der Waals surface area (Å²) in [7, 11) is 0. The molecule has 0 saturated heterocycles. The number of carbonyl (C=O) groups is 2. The van der Waals surface area contributed by atoms with E-state index in [2.05, 4.69) is 10.1 Å². The predicted octanol–water partition coefficient (Wildman–Crippen LogP) is 3.92. The monoisotopic (exact) mass is 408 g/mol. The SMILES string of the molecule is CC(C)C1=NN2C(=N)C(=Cc3ccc(-c4cccc(C(=O)O)c4)o3)C(=O)N=C2S1. The van der Waals surface area contributed by atoms with Crippen molar-refractivity contribution in [3.63, 3.8) is 0 Å². The van der Waals surface area contributed by atoms with Crippen LogP contribution in [-0.2, 0) is 4.79 Å². The van der Waals surface area contributed by atoms with E-state index in [1.807, 2.05) is 13.8 Å². The smallest absolute Gasteiger partial charge is 0.335 e.